The zero-order chi connectivity index (χ0) is 17.4. The topological polar surface area (TPSA) is 81.4 Å². The third kappa shape index (κ3) is 2.53. The first-order chi connectivity index (χ1) is 12.2. The minimum absolute atomic E-state index is 0.353. The molecule has 3 heterocycles. The summed E-state index contributed by atoms with van der Waals surface area (Å²) in [7, 11) is 1.60. The van der Waals surface area contributed by atoms with E-state index in [9.17, 15) is 4.79 Å². The lowest BCUT2D eigenvalue weighted by atomic mass is 10.1. The van der Waals surface area contributed by atoms with Crippen LogP contribution in [0.1, 0.15) is 15.9 Å². The second kappa shape index (κ2) is 6.01. The van der Waals surface area contributed by atoms with E-state index in [1.807, 2.05) is 29.7 Å². The minimum atomic E-state index is -0.353. The van der Waals surface area contributed by atoms with Gasteiger partial charge in [0.25, 0.3) is 5.91 Å². The first-order valence-corrected chi connectivity index (χ1v) is 8.00. The smallest absolute Gasteiger partial charge is 0.282 e. The number of anilines is 1. The van der Waals surface area contributed by atoms with Crippen LogP contribution in [-0.4, -0.2) is 34.1 Å². The molecule has 1 aliphatic heterocycles. The van der Waals surface area contributed by atoms with Crippen LogP contribution in [0.2, 0.25) is 0 Å². The Bertz CT molecular complexity index is 1060. The highest BCUT2D eigenvalue weighted by molar-refractivity contribution is 5.96. The minimum Gasteiger partial charge on any atom is -0.494 e. The fourth-order valence-electron chi connectivity index (χ4n) is 3.01. The number of hydrogen-bond acceptors (Lipinski definition) is 5. The van der Waals surface area contributed by atoms with Crippen LogP contribution in [0.15, 0.2) is 41.7 Å². The molecule has 0 saturated heterocycles. The molecule has 3 aromatic rings. The van der Waals surface area contributed by atoms with Crippen molar-refractivity contribution < 1.29 is 9.53 Å². The van der Waals surface area contributed by atoms with Gasteiger partial charge in [-0.05, 0) is 30.7 Å². The molecule has 1 aromatic carbocycles. The van der Waals surface area contributed by atoms with Crippen molar-refractivity contribution in [1.82, 2.24) is 14.5 Å². The van der Waals surface area contributed by atoms with Gasteiger partial charge in [-0.25, -0.2) is 4.98 Å². The maximum Gasteiger partial charge on any atom is 0.282 e. The van der Waals surface area contributed by atoms with Crippen molar-refractivity contribution in [2.45, 2.75) is 13.5 Å². The summed E-state index contributed by atoms with van der Waals surface area (Å²) in [4.78, 5) is 25.5. The van der Waals surface area contributed by atoms with Crippen LogP contribution in [0, 0.1) is 6.92 Å². The Morgan fingerprint density at radius 2 is 2.24 bits per heavy atom. The number of amides is 1. The quantitative estimate of drug-likeness (QED) is 0.774. The van der Waals surface area contributed by atoms with E-state index in [4.69, 9.17) is 4.74 Å². The lowest BCUT2D eigenvalue weighted by molar-refractivity contribution is 0.0995. The Labute approximate surface area is 144 Å². The molecule has 0 radical (unpaired) electrons. The molecular weight excluding hydrogens is 318 g/mol. The monoisotopic (exact) mass is 335 g/mol. The molecule has 0 aliphatic carbocycles. The molecule has 0 bridgehead atoms. The van der Waals surface area contributed by atoms with E-state index in [-0.39, 0.29) is 5.91 Å². The Morgan fingerprint density at radius 3 is 3.04 bits per heavy atom. The number of carbonyl (C=O) groups excluding carboxylic acids is 1. The number of nitrogens with one attached hydrogen (secondary N) is 1. The average molecular weight is 335 g/mol. The fraction of sp³-hybridized carbons (Fsp3) is 0.222. The van der Waals surface area contributed by atoms with Gasteiger partial charge in [-0.3, -0.25) is 14.3 Å². The highest BCUT2D eigenvalue weighted by Crippen LogP contribution is 2.29. The van der Waals surface area contributed by atoms with Gasteiger partial charge in [0.05, 0.1) is 12.7 Å². The summed E-state index contributed by atoms with van der Waals surface area (Å²) in [6.07, 6.45) is 3.19. The molecule has 2 aromatic heterocycles. The van der Waals surface area contributed by atoms with Gasteiger partial charge in [-0.15, -0.1) is 0 Å². The standard InChI is InChI=1S/C18H17N5O2/c1-11-6-7-19-10-13(11)17(24)22-18-21-15-12(4-3-5-14(15)25-2)16-20-8-9-23(16)18/h3-7,10,20H,8-9H2,1-2H3. The number of aryl methyl sites for hydroxylation is 1. The molecule has 126 valence electrons. The number of carbonyl (C=O) groups is 1. The molecule has 0 fully saturated rings. The van der Waals surface area contributed by atoms with Gasteiger partial charge in [-0.2, -0.15) is 4.99 Å². The molecule has 0 unspecified atom stereocenters. The second-order valence-corrected chi connectivity index (χ2v) is 5.80. The molecule has 25 heavy (non-hydrogen) atoms. The Hall–Kier alpha value is -3.22. The SMILES string of the molecule is COc1cccc2c3n(c(=NC(=O)c4cnccc4C)nc12)CCN3. The summed E-state index contributed by atoms with van der Waals surface area (Å²) in [6, 6.07) is 7.54. The molecule has 7 heteroatoms. The summed E-state index contributed by atoms with van der Waals surface area (Å²) >= 11 is 0. The van der Waals surface area contributed by atoms with Gasteiger partial charge >= 0.3 is 0 Å². The molecule has 0 atom stereocenters. The van der Waals surface area contributed by atoms with E-state index < -0.39 is 0 Å². The number of methoxy groups -OCH3 is 1. The van der Waals surface area contributed by atoms with E-state index in [0.717, 1.165) is 23.3 Å². The number of pyridine rings is 1. The summed E-state index contributed by atoms with van der Waals surface area (Å²) in [5.74, 6) is 1.20. The third-order valence-corrected chi connectivity index (χ3v) is 4.30. The Morgan fingerprint density at radius 1 is 1.36 bits per heavy atom. The summed E-state index contributed by atoms with van der Waals surface area (Å²) in [5, 5.41) is 4.29. The number of para-hydroxylation sites is 1. The lowest BCUT2D eigenvalue weighted by Gasteiger charge is -2.10. The van der Waals surface area contributed by atoms with Gasteiger partial charge in [0, 0.05) is 30.9 Å². The molecular formula is C18H17N5O2. The van der Waals surface area contributed by atoms with Crippen molar-refractivity contribution in [3.05, 3.63) is 53.4 Å². The van der Waals surface area contributed by atoms with E-state index in [1.54, 1.807) is 19.4 Å². The molecule has 1 aliphatic rings. The normalized spacial score (nSPS) is 13.6. The number of aromatic nitrogens is 3. The number of hydrogen-bond donors (Lipinski definition) is 1. The van der Waals surface area contributed by atoms with Crippen molar-refractivity contribution in [2.75, 3.05) is 19.0 Å². The van der Waals surface area contributed by atoms with Crippen molar-refractivity contribution in [2.24, 2.45) is 4.99 Å². The molecule has 1 amide bonds. The number of nitrogens with zero attached hydrogens (tertiary/aromatic N) is 4. The van der Waals surface area contributed by atoms with Crippen LogP contribution in [0.5, 0.6) is 5.75 Å². The van der Waals surface area contributed by atoms with Gasteiger partial charge in [-0.1, -0.05) is 6.07 Å². The highest BCUT2D eigenvalue weighted by Gasteiger charge is 2.18. The van der Waals surface area contributed by atoms with Crippen LogP contribution in [-0.2, 0) is 6.54 Å². The summed E-state index contributed by atoms with van der Waals surface area (Å²) in [5.41, 5.74) is 2.36. The van der Waals surface area contributed by atoms with Crippen molar-refractivity contribution >= 4 is 22.6 Å². The number of fused-ring (bicyclic) bond motifs is 3. The number of rotatable bonds is 2. The van der Waals surface area contributed by atoms with Crippen LogP contribution < -0.4 is 15.7 Å². The maximum absolute atomic E-state index is 12.6. The Kier molecular flexibility index (Phi) is 3.68. The van der Waals surface area contributed by atoms with E-state index in [0.29, 0.717) is 29.0 Å². The van der Waals surface area contributed by atoms with Crippen molar-refractivity contribution in [1.29, 1.82) is 0 Å². The van der Waals surface area contributed by atoms with E-state index >= 15 is 0 Å². The average Bonchev–Trinajstić information content (AvgIpc) is 3.12. The van der Waals surface area contributed by atoms with Crippen LogP contribution in [0.3, 0.4) is 0 Å². The largest absolute Gasteiger partial charge is 0.494 e. The van der Waals surface area contributed by atoms with Gasteiger partial charge < -0.3 is 10.1 Å². The second-order valence-electron chi connectivity index (χ2n) is 5.80. The molecule has 4 rings (SSSR count). The first kappa shape index (κ1) is 15.3. The lowest BCUT2D eigenvalue weighted by Crippen LogP contribution is -2.25. The van der Waals surface area contributed by atoms with Gasteiger partial charge in [0.15, 0.2) is 0 Å². The predicted octanol–water partition coefficient (Wildman–Crippen LogP) is 1.91. The summed E-state index contributed by atoms with van der Waals surface area (Å²) < 4.78 is 7.34. The Balaban J connectivity index is 1.96. The highest BCUT2D eigenvalue weighted by atomic mass is 16.5. The predicted molar refractivity (Wildman–Crippen MR) is 93.6 cm³/mol. The molecule has 0 spiro atoms. The van der Waals surface area contributed by atoms with E-state index in [1.165, 1.54) is 6.20 Å². The van der Waals surface area contributed by atoms with Gasteiger partial charge in [0.2, 0.25) is 5.62 Å². The molecule has 7 nitrogen and oxygen atoms in total. The summed E-state index contributed by atoms with van der Waals surface area (Å²) in [6.45, 7) is 3.33. The number of benzene rings is 1. The fourth-order valence-corrected chi connectivity index (χ4v) is 3.01. The molecule has 1 N–H and O–H groups in total. The number of ether oxygens (including phenoxy) is 1. The molecule has 0 saturated carbocycles. The van der Waals surface area contributed by atoms with Crippen LogP contribution in [0.4, 0.5) is 5.82 Å². The van der Waals surface area contributed by atoms with Crippen molar-refractivity contribution in [3.63, 3.8) is 0 Å². The first-order valence-electron chi connectivity index (χ1n) is 8.00. The third-order valence-electron chi connectivity index (χ3n) is 4.30. The zero-order valence-electron chi connectivity index (χ0n) is 14.0. The van der Waals surface area contributed by atoms with Crippen molar-refractivity contribution in [3.8, 4) is 5.75 Å². The van der Waals surface area contributed by atoms with Crippen LogP contribution in [0.25, 0.3) is 10.9 Å². The maximum atomic E-state index is 12.6. The van der Waals surface area contributed by atoms with E-state index in [2.05, 4.69) is 20.3 Å². The zero-order valence-corrected chi connectivity index (χ0v) is 14.0. The van der Waals surface area contributed by atoms with Crippen LogP contribution >= 0.6 is 0 Å². The van der Waals surface area contributed by atoms with Gasteiger partial charge in [0.1, 0.15) is 17.1 Å².